The molecule has 0 radical (unpaired) electrons. The van der Waals surface area contributed by atoms with Crippen LogP contribution in [0.2, 0.25) is 0 Å². The summed E-state index contributed by atoms with van der Waals surface area (Å²) in [5.41, 5.74) is 8.11. The number of carbonyl (C=O) groups is 1. The van der Waals surface area contributed by atoms with Gasteiger partial charge in [0, 0.05) is 24.4 Å². The molecule has 1 unspecified atom stereocenters. The number of carbonyl (C=O) groups excluding carboxylic acids is 1. The van der Waals surface area contributed by atoms with Gasteiger partial charge in [-0.1, -0.05) is 48.9 Å². The molecule has 0 spiro atoms. The van der Waals surface area contributed by atoms with Crippen LogP contribution in [0.4, 0.5) is 4.39 Å². The summed E-state index contributed by atoms with van der Waals surface area (Å²) >= 11 is 0. The van der Waals surface area contributed by atoms with Crippen LogP contribution in [0.15, 0.2) is 54.6 Å². The average molecular weight is 326 g/mol. The second-order valence-electron chi connectivity index (χ2n) is 6.64. The summed E-state index contributed by atoms with van der Waals surface area (Å²) in [5, 5.41) is 3.03. The summed E-state index contributed by atoms with van der Waals surface area (Å²) in [4.78, 5) is 12.2. The third-order valence-corrected chi connectivity index (χ3v) is 5.02. The van der Waals surface area contributed by atoms with E-state index in [1.807, 2.05) is 42.5 Å². The minimum Gasteiger partial charge on any atom is -0.355 e. The predicted molar refractivity (Wildman–Crippen MR) is 92.9 cm³/mol. The van der Waals surface area contributed by atoms with Crippen molar-refractivity contribution in [3.8, 4) is 0 Å². The van der Waals surface area contributed by atoms with E-state index in [4.69, 9.17) is 5.73 Å². The van der Waals surface area contributed by atoms with Crippen LogP contribution in [0.3, 0.4) is 0 Å². The van der Waals surface area contributed by atoms with Crippen molar-refractivity contribution in [2.45, 2.75) is 37.1 Å². The zero-order valence-corrected chi connectivity index (χ0v) is 13.7. The summed E-state index contributed by atoms with van der Waals surface area (Å²) in [7, 11) is 0. The molecule has 0 aromatic heterocycles. The molecule has 2 aromatic rings. The molecule has 3 nitrogen and oxygen atoms in total. The Balaban J connectivity index is 1.57. The number of rotatable bonds is 6. The maximum Gasteiger partial charge on any atom is 0.221 e. The molecule has 2 aromatic carbocycles. The van der Waals surface area contributed by atoms with Crippen molar-refractivity contribution in [2.75, 3.05) is 6.54 Å². The second kappa shape index (κ2) is 7.14. The van der Waals surface area contributed by atoms with Crippen molar-refractivity contribution in [2.24, 2.45) is 5.73 Å². The minimum absolute atomic E-state index is 0.0419. The lowest BCUT2D eigenvalue weighted by Gasteiger charge is -2.42. The largest absolute Gasteiger partial charge is 0.355 e. The van der Waals surface area contributed by atoms with Crippen molar-refractivity contribution in [3.63, 3.8) is 0 Å². The molecule has 0 aliphatic heterocycles. The van der Waals surface area contributed by atoms with Crippen molar-refractivity contribution in [3.05, 3.63) is 71.5 Å². The Morgan fingerprint density at radius 2 is 1.79 bits per heavy atom. The number of nitrogens with one attached hydrogen (secondary N) is 1. The first-order valence-corrected chi connectivity index (χ1v) is 8.42. The van der Waals surface area contributed by atoms with E-state index in [-0.39, 0.29) is 29.6 Å². The monoisotopic (exact) mass is 326 g/mol. The molecule has 0 saturated heterocycles. The summed E-state index contributed by atoms with van der Waals surface area (Å²) in [6.07, 6.45) is 3.44. The van der Waals surface area contributed by atoms with Crippen LogP contribution in [0, 0.1) is 5.82 Å². The zero-order valence-electron chi connectivity index (χ0n) is 13.7. The molecule has 3 N–H and O–H groups in total. The molecule has 1 atom stereocenters. The average Bonchev–Trinajstić information content (AvgIpc) is 2.56. The standard InChI is InChI=1S/C20H23FN2O/c21-17-9-7-16(8-10-17)20(11-4-12-20)14-23-19(24)13-18(22)15-5-2-1-3-6-15/h1-3,5-10,18H,4,11-14,22H2,(H,23,24). The summed E-state index contributed by atoms with van der Waals surface area (Å²) in [6, 6.07) is 16.0. The fraction of sp³-hybridized carbons (Fsp3) is 0.350. The summed E-state index contributed by atoms with van der Waals surface area (Å²) < 4.78 is 13.1. The Morgan fingerprint density at radius 3 is 2.38 bits per heavy atom. The van der Waals surface area contributed by atoms with E-state index in [9.17, 15) is 9.18 Å². The molecule has 126 valence electrons. The molecule has 1 saturated carbocycles. The van der Waals surface area contributed by atoms with Gasteiger partial charge in [-0.2, -0.15) is 0 Å². The van der Waals surface area contributed by atoms with Gasteiger partial charge in [-0.3, -0.25) is 4.79 Å². The van der Waals surface area contributed by atoms with Crippen LogP contribution < -0.4 is 11.1 Å². The number of nitrogens with two attached hydrogens (primary N) is 1. The van der Waals surface area contributed by atoms with Gasteiger partial charge in [0.2, 0.25) is 5.91 Å². The first-order chi connectivity index (χ1) is 11.6. The smallest absolute Gasteiger partial charge is 0.221 e. The quantitative estimate of drug-likeness (QED) is 0.854. The van der Waals surface area contributed by atoms with E-state index in [0.717, 1.165) is 30.4 Å². The van der Waals surface area contributed by atoms with E-state index in [2.05, 4.69) is 5.32 Å². The molecule has 24 heavy (non-hydrogen) atoms. The second-order valence-corrected chi connectivity index (χ2v) is 6.64. The van der Waals surface area contributed by atoms with Gasteiger partial charge in [0.05, 0.1) is 0 Å². The molecule has 3 rings (SSSR count). The van der Waals surface area contributed by atoms with Gasteiger partial charge < -0.3 is 11.1 Å². The lowest BCUT2D eigenvalue weighted by molar-refractivity contribution is -0.121. The van der Waals surface area contributed by atoms with Gasteiger partial charge in [0.15, 0.2) is 0 Å². The predicted octanol–water partition coefficient (Wildman–Crippen LogP) is 3.45. The van der Waals surface area contributed by atoms with Crippen LogP contribution in [-0.4, -0.2) is 12.5 Å². The highest BCUT2D eigenvalue weighted by Gasteiger charge is 2.38. The van der Waals surface area contributed by atoms with Crippen molar-refractivity contribution in [1.29, 1.82) is 0 Å². The number of halogens is 1. The van der Waals surface area contributed by atoms with Gasteiger partial charge in [0.1, 0.15) is 5.82 Å². The van der Waals surface area contributed by atoms with Gasteiger partial charge in [-0.15, -0.1) is 0 Å². The van der Waals surface area contributed by atoms with Crippen molar-refractivity contribution < 1.29 is 9.18 Å². The molecule has 1 amide bonds. The number of hydrogen-bond donors (Lipinski definition) is 2. The minimum atomic E-state index is -0.297. The first-order valence-electron chi connectivity index (χ1n) is 8.42. The Morgan fingerprint density at radius 1 is 1.12 bits per heavy atom. The third-order valence-electron chi connectivity index (χ3n) is 5.02. The molecular weight excluding hydrogens is 303 g/mol. The Bertz CT molecular complexity index is 681. The number of hydrogen-bond acceptors (Lipinski definition) is 2. The molecule has 1 aliphatic carbocycles. The van der Waals surface area contributed by atoms with Crippen LogP contribution in [0.1, 0.15) is 42.9 Å². The lowest BCUT2D eigenvalue weighted by Crippen LogP contribution is -2.46. The molecular formula is C20H23FN2O. The maximum atomic E-state index is 13.1. The first kappa shape index (κ1) is 16.7. The van der Waals surface area contributed by atoms with E-state index < -0.39 is 0 Å². The van der Waals surface area contributed by atoms with Gasteiger partial charge in [-0.25, -0.2) is 4.39 Å². The summed E-state index contributed by atoms with van der Waals surface area (Å²) in [5.74, 6) is -0.272. The van der Waals surface area contributed by atoms with Gasteiger partial charge >= 0.3 is 0 Å². The highest BCUT2D eigenvalue weighted by Crippen LogP contribution is 2.43. The van der Waals surface area contributed by atoms with Crippen LogP contribution in [0.5, 0.6) is 0 Å². The molecule has 4 heteroatoms. The van der Waals surface area contributed by atoms with Crippen molar-refractivity contribution >= 4 is 5.91 Å². The molecule has 0 heterocycles. The van der Waals surface area contributed by atoms with Crippen molar-refractivity contribution in [1.82, 2.24) is 5.32 Å². The van der Waals surface area contributed by atoms with E-state index in [1.165, 1.54) is 12.1 Å². The van der Waals surface area contributed by atoms with E-state index in [1.54, 1.807) is 0 Å². The Labute approximate surface area is 142 Å². The normalized spacial score (nSPS) is 16.9. The summed E-state index contributed by atoms with van der Waals surface area (Å²) in [6.45, 7) is 0.582. The fourth-order valence-corrected chi connectivity index (χ4v) is 3.33. The van der Waals surface area contributed by atoms with E-state index in [0.29, 0.717) is 6.54 Å². The molecule has 1 aliphatic rings. The van der Waals surface area contributed by atoms with Crippen LogP contribution >= 0.6 is 0 Å². The Hall–Kier alpha value is -2.20. The number of benzene rings is 2. The van der Waals surface area contributed by atoms with Crippen LogP contribution in [0.25, 0.3) is 0 Å². The van der Waals surface area contributed by atoms with Crippen LogP contribution in [-0.2, 0) is 10.2 Å². The molecule has 1 fully saturated rings. The van der Waals surface area contributed by atoms with Gasteiger partial charge in [0.25, 0.3) is 0 Å². The third kappa shape index (κ3) is 3.65. The van der Waals surface area contributed by atoms with Gasteiger partial charge in [-0.05, 0) is 36.1 Å². The highest BCUT2D eigenvalue weighted by atomic mass is 19.1. The zero-order chi connectivity index (χ0) is 17.0. The lowest BCUT2D eigenvalue weighted by atomic mass is 9.64. The maximum absolute atomic E-state index is 13.1. The number of amides is 1. The highest BCUT2D eigenvalue weighted by molar-refractivity contribution is 5.77. The Kier molecular flexibility index (Phi) is 4.95. The SMILES string of the molecule is NC(CC(=O)NCC1(c2ccc(F)cc2)CCC1)c1ccccc1. The topological polar surface area (TPSA) is 55.1 Å². The fourth-order valence-electron chi connectivity index (χ4n) is 3.33. The molecule has 0 bridgehead atoms. The van der Waals surface area contributed by atoms with E-state index >= 15 is 0 Å².